The van der Waals surface area contributed by atoms with Gasteiger partial charge in [0.1, 0.15) is 0 Å². The van der Waals surface area contributed by atoms with Crippen LogP contribution in [0.5, 0.6) is 0 Å². The van der Waals surface area contributed by atoms with E-state index in [1.165, 1.54) is 57.8 Å². The molecule has 0 heterocycles. The third-order valence-electron chi connectivity index (χ3n) is 9.99. The molecule has 156 valence electrons. The van der Waals surface area contributed by atoms with Gasteiger partial charge in [0.05, 0.1) is 6.10 Å². The van der Waals surface area contributed by atoms with Crippen LogP contribution in [-0.2, 0) is 19.5 Å². The van der Waals surface area contributed by atoms with Crippen LogP contribution in [0.2, 0.25) is 0 Å². The summed E-state index contributed by atoms with van der Waals surface area (Å²) in [5, 5.41) is 10.2. The molecule has 0 spiro atoms. The number of hydrogen-bond acceptors (Lipinski definition) is 1. The number of allylic oxidation sites excluding steroid dienone is 1. The summed E-state index contributed by atoms with van der Waals surface area (Å²) in [6.45, 7) is 10.00. The fourth-order valence-corrected chi connectivity index (χ4v) is 8.46. The molecule has 4 rings (SSSR count). The van der Waals surface area contributed by atoms with Gasteiger partial charge in [0, 0.05) is 19.5 Å². The third-order valence-corrected chi connectivity index (χ3v) is 9.99. The Bertz CT molecular complexity index is 571. The number of aliphatic hydroxyl groups excluding tert-OH is 1. The number of rotatable bonds is 5. The maximum Gasteiger partial charge on any atom is 0.0577 e. The molecule has 1 nitrogen and oxygen atoms in total. The summed E-state index contributed by atoms with van der Waals surface area (Å²) in [4.78, 5) is 0. The SMILES string of the molecule is C[CH-]CCC[C@@H](C)[C@H]1CC[C@H]2[C@@H]3CC=C4C[C@@H](O)CC[C@]4(C)[C@H]3CC[C@]12C.[Zn]. The van der Waals surface area contributed by atoms with Crippen LogP contribution in [0.1, 0.15) is 98.3 Å². The van der Waals surface area contributed by atoms with Gasteiger partial charge in [-0.3, -0.25) is 0 Å². The summed E-state index contributed by atoms with van der Waals surface area (Å²) in [7, 11) is 0. The zero-order valence-corrected chi connectivity index (χ0v) is 22.0. The molecule has 0 aromatic heterocycles. The van der Waals surface area contributed by atoms with Crippen LogP contribution >= 0.6 is 0 Å². The van der Waals surface area contributed by atoms with E-state index >= 15 is 0 Å². The molecule has 28 heavy (non-hydrogen) atoms. The molecular weight excluding hydrogens is 394 g/mol. The van der Waals surface area contributed by atoms with Crippen molar-refractivity contribution in [2.75, 3.05) is 0 Å². The van der Waals surface area contributed by atoms with Crippen LogP contribution in [0.15, 0.2) is 11.6 Å². The molecule has 3 fully saturated rings. The second kappa shape index (κ2) is 8.82. The van der Waals surface area contributed by atoms with Gasteiger partial charge in [0.2, 0.25) is 0 Å². The van der Waals surface area contributed by atoms with Gasteiger partial charge < -0.3 is 11.5 Å². The molecule has 4 aliphatic carbocycles. The minimum Gasteiger partial charge on any atom is -0.393 e. The van der Waals surface area contributed by atoms with Gasteiger partial charge in [-0.05, 0) is 91.8 Å². The average Bonchev–Trinajstić information content (AvgIpc) is 3.00. The minimum absolute atomic E-state index is 0. The van der Waals surface area contributed by atoms with Crippen molar-refractivity contribution >= 4 is 0 Å². The van der Waals surface area contributed by atoms with Crippen molar-refractivity contribution in [3.63, 3.8) is 0 Å². The van der Waals surface area contributed by atoms with Gasteiger partial charge in [-0.25, -0.2) is 0 Å². The number of unbranched alkanes of at least 4 members (excludes halogenated alkanes) is 2. The van der Waals surface area contributed by atoms with Crippen molar-refractivity contribution < 1.29 is 24.6 Å². The van der Waals surface area contributed by atoms with E-state index in [2.05, 4.69) is 40.2 Å². The van der Waals surface area contributed by atoms with Crippen molar-refractivity contribution in [2.24, 2.45) is 40.4 Å². The second-order valence-electron chi connectivity index (χ2n) is 11.2. The molecule has 4 aliphatic rings. The van der Waals surface area contributed by atoms with Gasteiger partial charge in [0.25, 0.3) is 0 Å². The predicted molar refractivity (Wildman–Crippen MR) is 114 cm³/mol. The summed E-state index contributed by atoms with van der Waals surface area (Å²) in [6.07, 6.45) is 19.3. The Hall–Kier alpha value is 0.323. The Balaban J connectivity index is 0.00000225. The molecule has 2 heteroatoms. The smallest absolute Gasteiger partial charge is 0.0577 e. The molecule has 0 aliphatic heterocycles. The molecule has 1 N–H and O–H groups in total. The maximum absolute atomic E-state index is 10.2. The zero-order chi connectivity index (χ0) is 19.2. The molecule has 8 atom stereocenters. The molecule has 0 saturated heterocycles. The van der Waals surface area contributed by atoms with Crippen LogP contribution in [0, 0.1) is 46.8 Å². The fraction of sp³-hybridized carbons (Fsp3) is 0.885. The Morgan fingerprint density at radius 1 is 1.14 bits per heavy atom. The quantitative estimate of drug-likeness (QED) is 0.214. The van der Waals surface area contributed by atoms with Crippen molar-refractivity contribution in [3.05, 3.63) is 18.1 Å². The Morgan fingerprint density at radius 3 is 2.68 bits per heavy atom. The zero-order valence-electron chi connectivity index (χ0n) is 19.1. The van der Waals surface area contributed by atoms with E-state index in [-0.39, 0.29) is 25.6 Å². The second-order valence-corrected chi connectivity index (χ2v) is 11.2. The number of aliphatic hydroxyl groups is 1. The van der Waals surface area contributed by atoms with Gasteiger partial charge in [0.15, 0.2) is 0 Å². The van der Waals surface area contributed by atoms with E-state index in [9.17, 15) is 5.11 Å². The first-order valence-corrected chi connectivity index (χ1v) is 12.1. The topological polar surface area (TPSA) is 20.2 Å². The van der Waals surface area contributed by atoms with E-state index in [4.69, 9.17) is 0 Å². The third kappa shape index (κ3) is 3.72. The van der Waals surface area contributed by atoms with Gasteiger partial charge in [-0.2, -0.15) is 13.3 Å². The first-order valence-electron chi connectivity index (χ1n) is 12.1. The monoisotopic (exact) mass is 435 g/mol. The van der Waals surface area contributed by atoms with Gasteiger partial charge in [-0.1, -0.05) is 45.3 Å². The van der Waals surface area contributed by atoms with Crippen LogP contribution in [0.25, 0.3) is 0 Å². The van der Waals surface area contributed by atoms with E-state index in [1.54, 1.807) is 5.57 Å². The largest absolute Gasteiger partial charge is 0.393 e. The van der Waals surface area contributed by atoms with Gasteiger partial charge in [-0.15, -0.1) is 0 Å². The van der Waals surface area contributed by atoms with Crippen molar-refractivity contribution in [3.8, 4) is 0 Å². The minimum atomic E-state index is -0.0770. The van der Waals surface area contributed by atoms with Crippen molar-refractivity contribution in [1.29, 1.82) is 0 Å². The van der Waals surface area contributed by atoms with Crippen LogP contribution < -0.4 is 0 Å². The van der Waals surface area contributed by atoms with E-state index in [0.29, 0.717) is 10.8 Å². The predicted octanol–water partition coefficient (Wildman–Crippen LogP) is 6.95. The molecule has 0 aromatic carbocycles. The Labute approximate surface area is 187 Å². The van der Waals surface area contributed by atoms with Gasteiger partial charge >= 0.3 is 0 Å². The molecule has 0 radical (unpaired) electrons. The number of fused-ring (bicyclic) bond motifs is 5. The van der Waals surface area contributed by atoms with Crippen molar-refractivity contribution in [2.45, 2.75) is 104 Å². The normalized spacial score (nSPS) is 45.9. The van der Waals surface area contributed by atoms with Crippen LogP contribution in [-0.4, -0.2) is 11.2 Å². The van der Waals surface area contributed by atoms with Crippen LogP contribution in [0.3, 0.4) is 0 Å². The molecule has 0 amide bonds. The number of hydrogen-bond donors (Lipinski definition) is 1. The summed E-state index contributed by atoms with van der Waals surface area (Å²) in [6, 6.07) is 0. The molecule has 3 saturated carbocycles. The van der Waals surface area contributed by atoms with Crippen LogP contribution in [0.4, 0.5) is 0 Å². The summed E-state index contributed by atoms with van der Waals surface area (Å²) in [5.41, 5.74) is 2.60. The fourth-order valence-electron chi connectivity index (χ4n) is 8.46. The van der Waals surface area contributed by atoms with Crippen molar-refractivity contribution in [1.82, 2.24) is 0 Å². The molecule has 0 aromatic rings. The standard InChI is InChI=1S/C26H43O.Zn/c1-5-6-7-8-18(2)22-11-12-23-21-10-9-19-17-20(27)13-15-25(19,3)24(21)14-16-26(22,23)4;/h5,9,18,20-24,27H,6-8,10-17H2,1-4H3;/q-1;/t18-,20+,21+,22-,23+,24+,25+,26-;/m1./s1. The van der Waals surface area contributed by atoms with E-state index in [0.717, 1.165) is 42.4 Å². The first-order chi connectivity index (χ1) is 12.9. The summed E-state index contributed by atoms with van der Waals surface area (Å²) < 4.78 is 0. The Morgan fingerprint density at radius 2 is 1.93 bits per heavy atom. The summed E-state index contributed by atoms with van der Waals surface area (Å²) in [5.74, 6) is 4.59. The average molecular weight is 437 g/mol. The van der Waals surface area contributed by atoms with E-state index < -0.39 is 0 Å². The molecular formula is C26H43OZn-. The molecule has 0 bridgehead atoms. The maximum atomic E-state index is 10.2. The Kier molecular flexibility index (Phi) is 7.25. The van der Waals surface area contributed by atoms with E-state index in [1.807, 2.05) is 0 Å². The molecule has 0 unspecified atom stereocenters. The first kappa shape index (κ1) is 23.0. The summed E-state index contributed by atoms with van der Waals surface area (Å²) >= 11 is 0.